The second-order valence-corrected chi connectivity index (χ2v) is 4.05. The van der Waals surface area contributed by atoms with Crippen LogP contribution in [0.3, 0.4) is 0 Å². The Bertz CT molecular complexity index is 631. The number of hydrogen-bond donors (Lipinski definition) is 2. The SMILES string of the molecule is COc1ncnc(NCc2cc(C(=O)O)ccn2)c1C. The first-order valence-electron chi connectivity index (χ1n) is 5.89. The molecule has 7 nitrogen and oxygen atoms in total. The van der Waals surface area contributed by atoms with Crippen molar-refractivity contribution in [2.75, 3.05) is 12.4 Å². The number of aromatic carboxylic acids is 1. The molecule has 0 spiro atoms. The van der Waals surface area contributed by atoms with Crippen LogP contribution in [0, 0.1) is 6.92 Å². The van der Waals surface area contributed by atoms with Gasteiger partial charge in [0, 0.05) is 6.20 Å². The van der Waals surface area contributed by atoms with Crippen molar-refractivity contribution in [2.24, 2.45) is 0 Å². The number of pyridine rings is 1. The normalized spacial score (nSPS) is 10.1. The van der Waals surface area contributed by atoms with E-state index in [1.165, 1.54) is 31.8 Å². The van der Waals surface area contributed by atoms with Gasteiger partial charge in [-0.25, -0.2) is 14.8 Å². The number of ether oxygens (including phenoxy) is 1. The molecule has 20 heavy (non-hydrogen) atoms. The first-order valence-corrected chi connectivity index (χ1v) is 5.89. The molecule has 0 fully saturated rings. The van der Waals surface area contributed by atoms with Crippen molar-refractivity contribution in [3.63, 3.8) is 0 Å². The van der Waals surface area contributed by atoms with Crippen molar-refractivity contribution in [2.45, 2.75) is 13.5 Å². The molecule has 2 heterocycles. The first kappa shape index (κ1) is 13.7. The molecule has 2 rings (SSSR count). The maximum Gasteiger partial charge on any atom is 0.335 e. The predicted molar refractivity (Wildman–Crippen MR) is 71.8 cm³/mol. The van der Waals surface area contributed by atoms with Gasteiger partial charge in [-0.3, -0.25) is 4.98 Å². The largest absolute Gasteiger partial charge is 0.481 e. The standard InChI is InChI=1S/C13H14N4O3/c1-8-11(16-7-17-12(8)20-2)15-6-10-5-9(13(18)19)3-4-14-10/h3-5,7H,6H2,1-2H3,(H,18,19)(H,15,16,17). The summed E-state index contributed by atoms with van der Waals surface area (Å²) in [5.41, 5.74) is 1.60. The van der Waals surface area contributed by atoms with Crippen molar-refractivity contribution in [1.82, 2.24) is 15.0 Å². The predicted octanol–water partition coefficient (Wildman–Crippen LogP) is 1.50. The van der Waals surface area contributed by atoms with E-state index in [-0.39, 0.29) is 5.56 Å². The zero-order chi connectivity index (χ0) is 14.5. The molecule has 0 radical (unpaired) electrons. The fourth-order valence-electron chi connectivity index (χ4n) is 1.70. The van der Waals surface area contributed by atoms with Gasteiger partial charge in [0.1, 0.15) is 12.1 Å². The van der Waals surface area contributed by atoms with Gasteiger partial charge in [-0.2, -0.15) is 0 Å². The molecule has 0 unspecified atom stereocenters. The average molecular weight is 274 g/mol. The summed E-state index contributed by atoms with van der Waals surface area (Å²) < 4.78 is 5.10. The third kappa shape index (κ3) is 3.00. The molecule has 104 valence electrons. The van der Waals surface area contributed by atoms with Crippen LogP contribution < -0.4 is 10.1 Å². The molecule has 0 aliphatic rings. The van der Waals surface area contributed by atoms with Crippen molar-refractivity contribution in [3.8, 4) is 5.88 Å². The molecule has 0 atom stereocenters. The summed E-state index contributed by atoms with van der Waals surface area (Å²) in [6.07, 6.45) is 2.86. The molecule has 7 heteroatoms. The Morgan fingerprint density at radius 3 is 2.90 bits per heavy atom. The maximum atomic E-state index is 10.9. The molecule has 2 N–H and O–H groups in total. The molecular formula is C13H14N4O3. The second kappa shape index (κ2) is 5.96. The van der Waals surface area contributed by atoms with Gasteiger partial charge >= 0.3 is 5.97 Å². The summed E-state index contributed by atoms with van der Waals surface area (Å²) in [6.45, 7) is 2.20. The van der Waals surface area contributed by atoms with Crippen molar-refractivity contribution < 1.29 is 14.6 Å². The highest BCUT2D eigenvalue weighted by atomic mass is 16.5. The highest BCUT2D eigenvalue weighted by molar-refractivity contribution is 5.87. The Labute approximate surface area is 115 Å². The molecule has 0 amide bonds. The van der Waals surface area contributed by atoms with E-state index >= 15 is 0 Å². The summed E-state index contributed by atoms with van der Waals surface area (Å²) >= 11 is 0. The van der Waals surface area contributed by atoms with Crippen LogP contribution in [0.4, 0.5) is 5.82 Å². The lowest BCUT2D eigenvalue weighted by atomic mass is 10.2. The summed E-state index contributed by atoms with van der Waals surface area (Å²) in [6, 6.07) is 2.97. The Morgan fingerprint density at radius 1 is 1.40 bits per heavy atom. The number of methoxy groups -OCH3 is 1. The number of nitrogens with one attached hydrogen (secondary N) is 1. The maximum absolute atomic E-state index is 10.9. The summed E-state index contributed by atoms with van der Waals surface area (Å²) in [4.78, 5) is 23.1. The lowest BCUT2D eigenvalue weighted by Crippen LogP contribution is -2.07. The minimum atomic E-state index is -0.978. The minimum Gasteiger partial charge on any atom is -0.481 e. The van der Waals surface area contributed by atoms with Crippen LogP contribution >= 0.6 is 0 Å². The summed E-state index contributed by atoms with van der Waals surface area (Å²) in [7, 11) is 1.54. The van der Waals surface area contributed by atoms with Gasteiger partial charge in [-0.05, 0) is 19.1 Å². The molecule has 2 aromatic heterocycles. The smallest absolute Gasteiger partial charge is 0.335 e. The second-order valence-electron chi connectivity index (χ2n) is 4.05. The van der Waals surface area contributed by atoms with E-state index in [1.807, 2.05) is 6.92 Å². The van der Waals surface area contributed by atoms with E-state index < -0.39 is 5.97 Å². The molecular weight excluding hydrogens is 260 g/mol. The summed E-state index contributed by atoms with van der Waals surface area (Å²) in [5.74, 6) is 0.141. The van der Waals surface area contributed by atoms with Crippen LogP contribution in [0.2, 0.25) is 0 Å². The fourth-order valence-corrected chi connectivity index (χ4v) is 1.70. The lowest BCUT2D eigenvalue weighted by Gasteiger charge is -2.10. The number of carboxylic acid groups (broad SMARTS) is 1. The van der Waals surface area contributed by atoms with Gasteiger partial charge in [0.2, 0.25) is 5.88 Å². The average Bonchev–Trinajstić information content (AvgIpc) is 2.46. The van der Waals surface area contributed by atoms with E-state index in [0.717, 1.165) is 5.56 Å². The third-order valence-electron chi connectivity index (χ3n) is 2.73. The Kier molecular flexibility index (Phi) is 4.09. The lowest BCUT2D eigenvalue weighted by molar-refractivity contribution is 0.0696. The van der Waals surface area contributed by atoms with Gasteiger partial charge in [0.05, 0.1) is 30.5 Å². The molecule has 2 aromatic rings. The van der Waals surface area contributed by atoms with E-state index in [1.54, 1.807) is 0 Å². The van der Waals surface area contributed by atoms with Gasteiger partial charge in [-0.15, -0.1) is 0 Å². The van der Waals surface area contributed by atoms with Crippen molar-refractivity contribution in [1.29, 1.82) is 0 Å². The van der Waals surface area contributed by atoms with Crippen molar-refractivity contribution >= 4 is 11.8 Å². The van der Waals surface area contributed by atoms with Crippen LogP contribution in [-0.2, 0) is 6.54 Å². The molecule has 0 saturated carbocycles. The number of aromatic nitrogens is 3. The number of carbonyl (C=O) groups is 1. The van der Waals surface area contributed by atoms with E-state index in [0.29, 0.717) is 23.9 Å². The molecule has 0 aliphatic heterocycles. The highest BCUT2D eigenvalue weighted by Crippen LogP contribution is 2.20. The number of nitrogens with zero attached hydrogens (tertiary/aromatic N) is 3. The van der Waals surface area contributed by atoms with Gasteiger partial charge in [0.25, 0.3) is 0 Å². The number of rotatable bonds is 5. The minimum absolute atomic E-state index is 0.203. The number of carboxylic acids is 1. The van der Waals surface area contributed by atoms with Crippen LogP contribution in [0.25, 0.3) is 0 Å². The highest BCUT2D eigenvalue weighted by Gasteiger charge is 2.08. The van der Waals surface area contributed by atoms with Crippen LogP contribution in [0.1, 0.15) is 21.6 Å². The third-order valence-corrected chi connectivity index (χ3v) is 2.73. The monoisotopic (exact) mass is 274 g/mol. The van der Waals surface area contributed by atoms with E-state index in [9.17, 15) is 4.79 Å². The Morgan fingerprint density at radius 2 is 2.20 bits per heavy atom. The topological polar surface area (TPSA) is 97.2 Å². The van der Waals surface area contributed by atoms with Gasteiger partial charge in [-0.1, -0.05) is 0 Å². The van der Waals surface area contributed by atoms with E-state index in [2.05, 4.69) is 20.3 Å². The van der Waals surface area contributed by atoms with Crippen molar-refractivity contribution in [3.05, 3.63) is 41.5 Å². The van der Waals surface area contributed by atoms with Gasteiger partial charge < -0.3 is 15.2 Å². The molecule has 0 bridgehead atoms. The first-order chi connectivity index (χ1) is 9.61. The molecule has 0 saturated heterocycles. The summed E-state index contributed by atoms with van der Waals surface area (Å²) in [5, 5.41) is 12.0. The van der Waals surface area contributed by atoms with Gasteiger partial charge in [0.15, 0.2) is 0 Å². The molecule has 0 aliphatic carbocycles. The number of hydrogen-bond acceptors (Lipinski definition) is 6. The quantitative estimate of drug-likeness (QED) is 0.852. The Hall–Kier alpha value is -2.70. The fraction of sp³-hybridized carbons (Fsp3) is 0.231. The van der Waals surface area contributed by atoms with Crippen LogP contribution in [0.15, 0.2) is 24.7 Å². The van der Waals surface area contributed by atoms with Crippen LogP contribution in [0.5, 0.6) is 5.88 Å². The Balaban J connectivity index is 2.13. The zero-order valence-electron chi connectivity index (χ0n) is 11.1. The van der Waals surface area contributed by atoms with E-state index in [4.69, 9.17) is 9.84 Å². The zero-order valence-corrected chi connectivity index (χ0v) is 11.1. The molecule has 0 aromatic carbocycles. The van der Waals surface area contributed by atoms with Crippen LogP contribution in [-0.4, -0.2) is 33.1 Å². The number of anilines is 1.